The van der Waals surface area contributed by atoms with Gasteiger partial charge < -0.3 is 10.4 Å². The van der Waals surface area contributed by atoms with Gasteiger partial charge in [-0.05, 0) is 36.6 Å². The second-order valence-corrected chi connectivity index (χ2v) is 7.50. The van der Waals surface area contributed by atoms with Crippen LogP contribution in [0.1, 0.15) is 46.7 Å². The van der Waals surface area contributed by atoms with Crippen LogP contribution in [0.15, 0.2) is 70.7 Å². The lowest BCUT2D eigenvalue weighted by Gasteiger charge is -2.31. The van der Waals surface area contributed by atoms with Crippen molar-refractivity contribution in [1.82, 2.24) is 9.78 Å². The molecule has 150 valence electrons. The molecule has 0 saturated carbocycles. The van der Waals surface area contributed by atoms with Crippen molar-refractivity contribution in [3.05, 3.63) is 92.9 Å². The Morgan fingerprint density at radius 2 is 1.73 bits per heavy atom. The quantitative estimate of drug-likeness (QED) is 0.624. The van der Waals surface area contributed by atoms with Crippen LogP contribution in [0.4, 0.5) is 5.82 Å². The number of allylic oxidation sites excluding steroid dienone is 2. The third-order valence-electron chi connectivity index (χ3n) is 5.75. The number of para-hydroxylation sites is 1. The molecule has 7 nitrogen and oxygen atoms in total. The smallest absolute Gasteiger partial charge is 0.335 e. The Balaban J connectivity index is 1.79. The number of Topliss-reactive ketones (excluding diaryl/α,β-unsaturated/α-hetero) is 1. The van der Waals surface area contributed by atoms with Gasteiger partial charge in [-0.15, -0.1) is 0 Å². The van der Waals surface area contributed by atoms with E-state index < -0.39 is 11.9 Å². The van der Waals surface area contributed by atoms with Gasteiger partial charge in [-0.25, -0.2) is 9.48 Å². The van der Waals surface area contributed by atoms with Gasteiger partial charge in [0.15, 0.2) is 5.78 Å². The van der Waals surface area contributed by atoms with E-state index in [-0.39, 0.29) is 16.9 Å². The van der Waals surface area contributed by atoms with Crippen molar-refractivity contribution < 1.29 is 14.7 Å². The van der Waals surface area contributed by atoms with Gasteiger partial charge in [-0.1, -0.05) is 36.4 Å². The van der Waals surface area contributed by atoms with Gasteiger partial charge in [-0.3, -0.25) is 14.7 Å². The standard InChI is InChI=1S/C23H19N3O4/c27-17-12-6-11-16-19(17)18(14-9-4-5-10-15(14)23(29)30)20-21(24-16)25-26(22(20)28)13-7-2-1-3-8-13/h1-5,7-10,18,24-25H,6,11-12H2,(H,29,30)/t18-/m0/s1. The van der Waals surface area contributed by atoms with E-state index in [9.17, 15) is 19.5 Å². The van der Waals surface area contributed by atoms with Gasteiger partial charge in [0.2, 0.25) is 0 Å². The van der Waals surface area contributed by atoms with Crippen LogP contribution >= 0.6 is 0 Å². The number of aromatic nitrogens is 2. The van der Waals surface area contributed by atoms with Crippen molar-refractivity contribution in [2.75, 3.05) is 5.32 Å². The number of hydrogen-bond acceptors (Lipinski definition) is 4. The van der Waals surface area contributed by atoms with Crippen molar-refractivity contribution in [3.63, 3.8) is 0 Å². The molecule has 2 aliphatic rings. The van der Waals surface area contributed by atoms with Crippen molar-refractivity contribution in [1.29, 1.82) is 0 Å². The largest absolute Gasteiger partial charge is 0.478 e. The fourth-order valence-corrected chi connectivity index (χ4v) is 4.45. The molecule has 0 fully saturated rings. The molecule has 0 unspecified atom stereocenters. The van der Waals surface area contributed by atoms with Crippen molar-refractivity contribution >= 4 is 17.6 Å². The number of ketones is 1. The zero-order valence-corrected chi connectivity index (χ0v) is 16.0. The fourth-order valence-electron chi connectivity index (χ4n) is 4.45. The van der Waals surface area contributed by atoms with Crippen molar-refractivity contribution in [2.45, 2.75) is 25.2 Å². The first-order valence-corrected chi connectivity index (χ1v) is 9.82. The molecular weight excluding hydrogens is 382 g/mol. The molecule has 0 amide bonds. The number of H-pyrrole nitrogens is 1. The molecule has 1 atom stereocenters. The Bertz CT molecular complexity index is 1270. The SMILES string of the molecule is O=C1CCCC2=C1[C@H](c1ccccc1C(=O)O)c1c([nH]n(-c3ccccc3)c1=O)N2. The summed E-state index contributed by atoms with van der Waals surface area (Å²) < 4.78 is 1.43. The second-order valence-electron chi connectivity index (χ2n) is 7.50. The van der Waals surface area contributed by atoms with Crippen molar-refractivity contribution in [2.24, 2.45) is 0 Å². The molecule has 7 heteroatoms. The Hall–Kier alpha value is -3.87. The van der Waals surface area contributed by atoms with Crippen LogP contribution in [0, 0.1) is 0 Å². The number of hydrogen-bond donors (Lipinski definition) is 3. The van der Waals surface area contributed by atoms with E-state index in [1.165, 1.54) is 10.7 Å². The molecule has 0 spiro atoms. The maximum atomic E-state index is 13.5. The Labute approximate surface area is 171 Å². The molecule has 1 aromatic heterocycles. The lowest BCUT2D eigenvalue weighted by atomic mass is 9.75. The highest BCUT2D eigenvalue weighted by atomic mass is 16.4. The molecule has 2 aromatic carbocycles. The van der Waals surface area contributed by atoms with Gasteiger partial charge in [0.1, 0.15) is 5.82 Å². The first-order valence-electron chi connectivity index (χ1n) is 9.82. The van der Waals surface area contributed by atoms with Crippen LogP contribution < -0.4 is 10.9 Å². The van der Waals surface area contributed by atoms with E-state index in [0.717, 1.165) is 12.1 Å². The molecule has 3 N–H and O–H groups in total. The number of carbonyl (C=O) groups excluding carboxylic acids is 1. The molecule has 5 rings (SSSR count). The normalized spacial score (nSPS) is 17.9. The molecule has 30 heavy (non-hydrogen) atoms. The van der Waals surface area contributed by atoms with Crippen LogP contribution in [0.5, 0.6) is 0 Å². The van der Waals surface area contributed by atoms with Gasteiger partial charge in [0.05, 0.1) is 16.8 Å². The summed E-state index contributed by atoms with van der Waals surface area (Å²) in [7, 11) is 0. The van der Waals surface area contributed by atoms with Gasteiger partial charge in [0, 0.05) is 23.6 Å². The third kappa shape index (κ3) is 2.70. The Kier molecular flexibility index (Phi) is 4.17. The lowest BCUT2D eigenvalue weighted by molar-refractivity contribution is -0.116. The van der Waals surface area contributed by atoms with E-state index in [0.29, 0.717) is 41.0 Å². The summed E-state index contributed by atoms with van der Waals surface area (Å²) in [6, 6.07) is 15.7. The van der Waals surface area contributed by atoms with E-state index in [4.69, 9.17) is 0 Å². The number of rotatable bonds is 3. The van der Waals surface area contributed by atoms with Gasteiger partial charge in [-0.2, -0.15) is 0 Å². The average Bonchev–Trinajstić information content (AvgIpc) is 3.09. The predicted octanol–water partition coefficient (Wildman–Crippen LogP) is 3.43. The number of nitrogens with zero attached hydrogens (tertiary/aromatic N) is 1. The summed E-state index contributed by atoms with van der Waals surface area (Å²) in [4.78, 5) is 38.3. The van der Waals surface area contributed by atoms with E-state index in [2.05, 4.69) is 10.4 Å². The zero-order chi connectivity index (χ0) is 20.8. The first kappa shape index (κ1) is 18.2. The van der Waals surface area contributed by atoms with Crippen molar-refractivity contribution in [3.8, 4) is 5.69 Å². The summed E-state index contributed by atoms with van der Waals surface area (Å²) in [5, 5.41) is 16.1. The number of carboxylic acid groups (broad SMARTS) is 1. The molecule has 3 aromatic rings. The maximum Gasteiger partial charge on any atom is 0.335 e. The predicted molar refractivity (Wildman–Crippen MR) is 111 cm³/mol. The summed E-state index contributed by atoms with van der Waals surface area (Å²) in [6.07, 6.45) is 1.78. The molecule has 1 aliphatic heterocycles. The molecule has 0 saturated heterocycles. The minimum Gasteiger partial charge on any atom is -0.478 e. The van der Waals surface area contributed by atoms with Gasteiger partial charge >= 0.3 is 5.97 Å². The number of fused-ring (bicyclic) bond motifs is 1. The highest BCUT2D eigenvalue weighted by Gasteiger charge is 2.40. The lowest BCUT2D eigenvalue weighted by Crippen LogP contribution is -2.30. The number of aromatic amines is 1. The molecule has 0 bridgehead atoms. The molecule has 0 radical (unpaired) electrons. The third-order valence-corrected chi connectivity index (χ3v) is 5.75. The first-order chi connectivity index (χ1) is 14.6. The Morgan fingerprint density at radius 1 is 1.00 bits per heavy atom. The van der Waals surface area contributed by atoms with E-state index in [1.54, 1.807) is 18.2 Å². The number of anilines is 1. The zero-order valence-electron chi connectivity index (χ0n) is 16.0. The molecule has 2 heterocycles. The highest BCUT2D eigenvalue weighted by molar-refractivity contribution is 6.02. The number of nitrogens with one attached hydrogen (secondary N) is 2. The minimum absolute atomic E-state index is 0.0496. The number of benzene rings is 2. The molecule has 1 aliphatic carbocycles. The second kappa shape index (κ2) is 6.88. The Morgan fingerprint density at radius 3 is 2.50 bits per heavy atom. The summed E-state index contributed by atoms with van der Waals surface area (Å²) in [5.74, 6) is -1.37. The van der Waals surface area contributed by atoms with Gasteiger partial charge in [0.25, 0.3) is 5.56 Å². The summed E-state index contributed by atoms with van der Waals surface area (Å²) >= 11 is 0. The van der Waals surface area contributed by atoms with E-state index in [1.807, 2.05) is 30.3 Å². The highest BCUT2D eigenvalue weighted by Crippen LogP contribution is 2.44. The maximum absolute atomic E-state index is 13.5. The van der Waals surface area contributed by atoms with E-state index >= 15 is 0 Å². The monoisotopic (exact) mass is 401 g/mol. The number of aromatic carboxylic acids is 1. The fraction of sp³-hybridized carbons (Fsp3) is 0.174. The van der Waals surface area contributed by atoms with Crippen LogP contribution in [0.3, 0.4) is 0 Å². The number of carboxylic acids is 1. The summed E-state index contributed by atoms with van der Waals surface area (Å²) in [5.41, 5.74) is 2.51. The topological polar surface area (TPSA) is 104 Å². The molecular formula is C23H19N3O4. The minimum atomic E-state index is -1.09. The van der Waals surface area contributed by atoms with Crippen LogP contribution in [0.2, 0.25) is 0 Å². The summed E-state index contributed by atoms with van der Waals surface area (Å²) in [6.45, 7) is 0. The average molecular weight is 401 g/mol. The van der Waals surface area contributed by atoms with Crippen LogP contribution in [-0.4, -0.2) is 26.6 Å². The number of carbonyl (C=O) groups is 2. The van der Waals surface area contributed by atoms with Crippen LogP contribution in [0.25, 0.3) is 5.69 Å². The van der Waals surface area contributed by atoms with Crippen LogP contribution in [-0.2, 0) is 4.79 Å².